The lowest BCUT2D eigenvalue weighted by Crippen LogP contribution is -2.36. The number of nitrogens with one attached hydrogen (secondary N) is 1. The third kappa shape index (κ3) is 3.31. The highest BCUT2D eigenvalue weighted by atomic mass is 16.5. The number of hydrogen-bond donors (Lipinski definition) is 1. The molecular weight excluding hydrogens is 266 g/mol. The number of hydrogen-bond acceptors (Lipinski definition) is 5. The van der Waals surface area contributed by atoms with Crippen molar-refractivity contribution in [1.29, 1.82) is 5.26 Å². The Bertz CT molecular complexity index is 515. The zero-order valence-corrected chi connectivity index (χ0v) is 13.8. The summed E-state index contributed by atoms with van der Waals surface area (Å²) >= 11 is 0. The van der Waals surface area contributed by atoms with Crippen molar-refractivity contribution in [2.45, 2.75) is 53.6 Å². The van der Waals surface area contributed by atoms with E-state index >= 15 is 0 Å². The molecule has 0 bridgehead atoms. The van der Waals surface area contributed by atoms with Gasteiger partial charge in [0.1, 0.15) is 19.3 Å². The van der Waals surface area contributed by atoms with Gasteiger partial charge >= 0.3 is 0 Å². The Morgan fingerprint density at radius 1 is 1.14 bits per heavy atom. The van der Waals surface area contributed by atoms with Crippen LogP contribution in [0.2, 0.25) is 0 Å². The van der Waals surface area contributed by atoms with Crippen molar-refractivity contribution in [3.8, 4) is 6.07 Å². The molecule has 0 spiro atoms. The summed E-state index contributed by atoms with van der Waals surface area (Å²) in [7, 11) is 0. The maximum atomic E-state index is 9.44. The van der Waals surface area contributed by atoms with Crippen LogP contribution in [0.3, 0.4) is 0 Å². The van der Waals surface area contributed by atoms with E-state index in [-0.39, 0.29) is 22.9 Å². The largest absolute Gasteiger partial charge is 0.476 e. The van der Waals surface area contributed by atoms with Crippen LogP contribution < -0.4 is 5.32 Å². The minimum atomic E-state index is 0.0187. The molecule has 5 nitrogen and oxygen atoms in total. The first-order chi connectivity index (χ1) is 9.63. The van der Waals surface area contributed by atoms with E-state index in [4.69, 9.17) is 9.47 Å². The van der Waals surface area contributed by atoms with Crippen LogP contribution in [-0.2, 0) is 9.47 Å². The second-order valence-electron chi connectivity index (χ2n) is 7.82. The molecule has 0 amide bonds. The molecule has 0 aliphatic carbocycles. The molecule has 2 aliphatic heterocycles. The van der Waals surface area contributed by atoms with Gasteiger partial charge in [-0.25, -0.2) is 4.99 Å². The summed E-state index contributed by atoms with van der Waals surface area (Å²) in [6, 6.07) is 2.41. The summed E-state index contributed by atoms with van der Waals surface area (Å²) in [5.74, 6) is 0.889. The van der Waals surface area contributed by atoms with Crippen LogP contribution in [0.1, 0.15) is 41.5 Å². The molecule has 0 aromatic carbocycles. The molecule has 5 heteroatoms. The minimum Gasteiger partial charge on any atom is -0.476 e. The van der Waals surface area contributed by atoms with Crippen LogP contribution in [-0.4, -0.2) is 31.2 Å². The van der Waals surface area contributed by atoms with Crippen molar-refractivity contribution in [3.05, 3.63) is 11.5 Å². The highest BCUT2D eigenvalue weighted by molar-refractivity contribution is 5.98. The fourth-order valence-corrected chi connectivity index (χ4v) is 2.17. The second-order valence-corrected chi connectivity index (χ2v) is 7.82. The molecule has 116 valence electrons. The van der Waals surface area contributed by atoms with E-state index in [2.05, 4.69) is 57.9 Å². The lowest BCUT2D eigenvalue weighted by Gasteiger charge is -2.24. The van der Waals surface area contributed by atoms with E-state index in [0.29, 0.717) is 30.6 Å². The van der Waals surface area contributed by atoms with Crippen molar-refractivity contribution >= 4 is 5.90 Å². The Hall–Kier alpha value is -1.70. The number of nitrogens with zero attached hydrogens (tertiary/aromatic N) is 2. The van der Waals surface area contributed by atoms with E-state index in [9.17, 15) is 5.26 Å². The van der Waals surface area contributed by atoms with Crippen molar-refractivity contribution in [2.24, 2.45) is 15.8 Å². The predicted molar refractivity (Wildman–Crippen MR) is 81.6 cm³/mol. The van der Waals surface area contributed by atoms with Crippen molar-refractivity contribution in [3.63, 3.8) is 0 Å². The maximum absolute atomic E-state index is 9.44. The normalized spacial score (nSPS) is 28.1. The van der Waals surface area contributed by atoms with Gasteiger partial charge in [0.05, 0.1) is 12.1 Å². The van der Waals surface area contributed by atoms with Gasteiger partial charge in [0, 0.05) is 0 Å². The SMILES string of the molecule is CC(C)(C)[C@H]1COC(/C(C#N)=C2/N[C@@H](C(C)(C)C)CO2)=N1. The Morgan fingerprint density at radius 3 is 2.24 bits per heavy atom. The topological polar surface area (TPSA) is 66.6 Å². The van der Waals surface area contributed by atoms with Gasteiger partial charge in [0.15, 0.2) is 5.57 Å². The Kier molecular flexibility index (Phi) is 3.92. The van der Waals surface area contributed by atoms with E-state index in [0.717, 1.165) is 0 Å². The van der Waals surface area contributed by atoms with Gasteiger partial charge in [-0.05, 0) is 10.8 Å². The van der Waals surface area contributed by atoms with Gasteiger partial charge in [0.25, 0.3) is 0 Å². The monoisotopic (exact) mass is 291 g/mol. The van der Waals surface area contributed by atoms with Gasteiger partial charge in [0.2, 0.25) is 11.8 Å². The first-order valence-corrected chi connectivity index (χ1v) is 7.37. The molecule has 2 heterocycles. The van der Waals surface area contributed by atoms with Crippen LogP contribution in [0.25, 0.3) is 0 Å². The average Bonchev–Trinajstić information content (AvgIpc) is 2.96. The van der Waals surface area contributed by atoms with E-state index in [1.165, 1.54) is 0 Å². The quantitative estimate of drug-likeness (QED) is 0.754. The molecule has 1 N–H and O–H groups in total. The van der Waals surface area contributed by atoms with Gasteiger partial charge in [-0.3, -0.25) is 0 Å². The van der Waals surface area contributed by atoms with E-state index in [1.807, 2.05) is 0 Å². The third-order valence-electron chi connectivity index (χ3n) is 3.95. The highest BCUT2D eigenvalue weighted by Gasteiger charge is 2.36. The summed E-state index contributed by atoms with van der Waals surface area (Å²) in [6.07, 6.45) is 0. The molecule has 2 rings (SSSR count). The fourth-order valence-electron chi connectivity index (χ4n) is 2.17. The van der Waals surface area contributed by atoms with Crippen LogP contribution in [0.4, 0.5) is 0 Å². The van der Waals surface area contributed by atoms with Crippen LogP contribution in [0.5, 0.6) is 0 Å². The number of nitriles is 1. The zero-order chi connectivity index (χ0) is 15.8. The molecule has 2 atom stereocenters. The van der Waals surface area contributed by atoms with Crippen molar-refractivity contribution in [1.82, 2.24) is 5.32 Å². The highest BCUT2D eigenvalue weighted by Crippen LogP contribution is 2.30. The number of rotatable bonds is 1. The Morgan fingerprint density at radius 2 is 1.81 bits per heavy atom. The van der Waals surface area contributed by atoms with Crippen LogP contribution in [0.15, 0.2) is 16.4 Å². The Balaban J connectivity index is 2.23. The predicted octanol–water partition coefficient (Wildman–Crippen LogP) is 2.60. The molecule has 0 radical (unpaired) electrons. The molecule has 0 aromatic heterocycles. The van der Waals surface area contributed by atoms with Crippen LogP contribution in [0, 0.1) is 22.2 Å². The minimum absolute atomic E-state index is 0.0187. The van der Waals surface area contributed by atoms with E-state index in [1.54, 1.807) is 0 Å². The summed E-state index contributed by atoms with van der Waals surface area (Å²) < 4.78 is 11.3. The lowest BCUT2D eigenvalue weighted by atomic mass is 9.88. The molecule has 0 saturated carbocycles. The molecule has 1 fully saturated rings. The smallest absolute Gasteiger partial charge is 0.233 e. The van der Waals surface area contributed by atoms with Gasteiger partial charge in [-0.15, -0.1) is 0 Å². The second kappa shape index (κ2) is 5.25. The molecule has 2 aliphatic rings. The molecule has 0 unspecified atom stereocenters. The van der Waals surface area contributed by atoms with Crippen molar-refractivity contribution in [2.75, 3.05) is 13.2 Å². The first kappa shape index (κ1) is 15.7. The van der Waals surface area contributed by atoms with E-state index < -0.39 is 0 Å². The average molecular weight is 291 g/mol. The van der Waals surface area contributed by atoms with Gasteiger partial charge in [-0.2, -0.15) is 5.26 Å². The van der Waals surface area contributed by atoms with Crippen LogP contribution >= 0.6 is 0 Å². The Labute approximate surface area is 127 Å². The zero-order valence-electron chi connectivity index (χ0n) is 13.8. The summed E-state index contributed by atoms with van der Waals surface area (Å²) in [4.78, 5) is 4.56. The van der Waals surface area contributed by atoms with Crippen molar-refractivity contribution < 1.29 is 9.47 Å². The molecule has 21 heavy (non-hydrogen) atoms. The third-order valence-corrected chi connectivity index (χ3v) is 3.95. The standard InChI is InChI=1S/C16H25N3O2/c1-15(2,3)11-8-20-13(18-11)10(7-17)14-19-12(9-21-14)16(4,5)6/h11-12,18H,8-9H2,1-6H3/b13-10-/t11-,12-/m1/s1. The molecule has 0 aromatic rings. The fraction of sp³-hybridized carbons (Fsp3) is 0.750. The number of ether oxygens (including phenoxy) is 2. The molecule has 1 saturated heterocycles. The summed E-state index contributed by atoms with van der Waals surface area (Å²) in [6.45, 7) is 13.8. The first-order valence-electron chi connectivity index (χ1n) is 7.37. The summed E-state index contributed by atoms with van der Waals surface area (Å²) in [5.41, 5.74) is 0.452. The van der Waals surface area contributed by atoms with Gasteiger partial charge < -0.3 is 14.8 Å². The summed E-state index contributed by atoms with van der Waals surface area (Å²) in [5, 5.41) is 12.7. The number of aliphatic imine (C=N–C) groups is 1. The van der Waals surface area contributed by atoms with Gasteiger partial charge in [-0.1, -0.05) is 41.5 Å². The molecular formula is C16H25N3O2. The maximum Gasteiger partial charge on any atom is 0.233 e. The lowest BCUT2D eigenvalue weighted by molar-refractivity contribution is 0.213.